The van der Waals surface area contributed by atoms with E-state index in [4.69, 9.17) is 0 Å². The van der Waals surface area contributed by atoms with Crippen LogP contribution in [0, 0.1) is 0 Å². The van der Waals surface area contributed by atoms with Crippen LogP contribution in [0.4, 0.5) is 92.2 Å². The molecule has 0 aliphatic carbocycles. The molecule has 0 bridgehead atoms. The van der Waals surface area contributed by atoms with Gasteiger partial charge in [-0.05, 0) is 12.8 Å². The van der Waals surface area contributed by atoms with E-state index in [2.05, 4.69) is 15.9 Å². The standard InChI is InChI=1S/C18H16BrF21/c19-8-6-4-2-1-3-5-7-9(20,21)10(22,23)11(24,25)12(26,27)13(28,29)14(30,31)15(32,33)16(34,35)17(36,37)18(38,39)40/h1-8H2. The van der Waals surface area contributed by atoms with Gasteiger partial charge in [0.15, 0.2) is 0 Å². The van der Waals surface area contributed by atoms with Gasteiger partial charge in [0.2, 0.25) is 0 Å². The topological polar surface area (TPSA) is 0 Å². The number of rotatable bonds is 16. The van der Waals surface area contributed by atoms with Crippen molar-refractivity contribution in [3.8, 4) is 0 Å². The van der Waals surface area contributed by atoms with Gasteiger partial charge in [-0.25, -0.2) is 0 Å². The molecular formula is C18H16BrF21. The summed E-state index contributed by atoms with van der Waals surface area (Å²) >= 11 is 3.01. The fourth-order valence-corrected chi connectivity index (χ4v) is 3.29. The summed E-state index contributed by atoms with van der Waals surface area (Å²) in [5, 5.41) is 0.485. The number of hydrogen-bond acceptors (Lipinski definition) is 0. The fraction of sp³-hybridized carbons (Fsp3) is 1.00. The molecular weight excluding hydrogens is 695 g/mol. The number of unbranched alkanes of at least 4 members (excludes halogenated alkanes) is 5. The average molecular weight is 711 g/mol. The summed E-state index contributed by atoms with van der Waals surface area (Å²) in [5.41, 5.74) is 0. The van der Waals surface area contributed by atoms with Gasteiger partial charge >= 0.3 is 59.5 Å². The number of halogens is 22. The highest BCUT2D eigenvalue weighted by atomic mass is 79.9. The minimum Gasteiger partial charge on any atom is -0.200 e. The molecule has 0 N–H and O–H groups in total. The monoisotopic (exact) mass is 710 g/mol. The van der Waals surface area contributed by atoms with E-state index in [1.807, 2.05) is 0 Å². The van der Waals surface area contributed by atoms with Crippen molar-refractivity contribution < 1.29 is 92.2 Å². The van der Waals surface area contributed by atoms with Crippen molar-refractivity contribution in [3.63, 3.8) is 0 Å². The highest BCUT2D eigenvalue weighted by molar-refractivity contribution is 9.09. The van der Waals surface area contributed by atoms with Crippen LogP contribution in [-0.4, -0.2) is 64.8 Å². The van der Waals surface area contributed by atoms with Crippen LogP contribution in [0.3, 0.4) is 0 Å². The van der Waals surface area contributed by atoms with Gasteiger partial charge in [-0.3, -0.25) is 0 Å². The third-order valence-electron chi connectivity index (χ3n) is 5.45. The Morgan fingerprint density at radius 3 is 0.850 bits per heavy atom. The first kappa shape index (κ1) is 39.0. The predicted molar refractivity (Wildman–Crippen MR) is 96.7 cm³/mol. The molecule has 0 fully saturated rings. The second-order valence-corrected chi connectivity index (χ2v) is 9.15. The van der Waals surface area contributed by atoms with Crippen molar-refractivity contribution in [2.24, 2.45) is 0 Å². The zero-order valence-corrected chi connectivity index (χ0v) is 20.6. The van der Waals surface area contributed by atoms with Gasteiger partial charge in [-0.2, -0.15) is 92.2 Å². The van der Waals surface area contributed by atoms with Crippen molar-refractivity contribution in [2.45, 2.75) is 104 Å². The van der Waals surface area contributed by atoms with E-state index in [0.29, 0.717) is 18.2 Å². The van der Waals surface area contributed by atoms with Crippen molar-refractivity contribution >= 4 is 15.9 Å². The molecule has 0 rings (SSSR count). The number of hydrogen-bond donors (Lipinski definition) is 0. The lowest BCUT2D eigenvalue weighted by Crippen LogP contribution is -2.76. The third-order valence-corrected chi connectivity index (χ3v) is 6.01. The maximum absolute atomic E-state index is 13.8. The van der Waals surface area contributed by atoms with Crippen molar-refractivity contribution in [3.05, 3.63) is 0 Å². The molecule has 0 aromatic carbocycles. The molecule has 0 unspecified atom stereocenters. The minimum atomic E-state index is -9.13. The van der Waals surface area contributed by atoms with Gasteiger partial charge < -0.3 is 0 Å². The molecule has 0 atom stereocenters. The molecule has 22 heteroatoms. The van der Waals surface area contributed by atoms with Crippen LogP contribution in [0.2, 0.25) is 0 Å². The van der Waals surface area contributed by atoms with Crippen LogP contribution in [0.5, 0.6) is 0 Å². The molecule has 0 saturated carbocycles. The summed E-state index contributed by atoms with van der Waals surface area (Å²) in [6.45, 7) is 0. The second kappa shape index (κ2) is 11.6. The highest BCUT2D eigenvalue weighted by Crippen LogP contribution is 2.66. The lowest BCUT2D eigenvalue weighted by molar-refractivity contribution is -0.474. The molecule has 0 aliphatic heterocycles. The molecule has 0 aromatic heterocycles. The Morgan fingerprint density at radius 1 is 0.300 bits per heavy atom. The first-order valence-electron chi connectivity index (χ1n) is 10.3. The van der Waals surface area contributed by atoms with Gasteiger partial charge in [0, 0.05) is 11.8 Å². The van der Waals surface area contributed by atoms with E-state index in [9.17, 15) is 92.2 Å². The predicted octanol–water partition coefficient (Wildman–Crippen LogP) is 10.4. The van der Waals surface area contributed by atoms with Gasteiger partial charge in [-0.15, -0.1) is 0 Å². The molecule has 0 aliphatic rings. The summed E-state index contributed by atoms with van der Waals surface area (Å²) in [6, 6.07) is 0. The van der Waals surface area contributed by atoms with Crippen LogP contribution in [0.1, 0.15) is 44.9 Å². The van der Waals surface area contributed by atoms with Gasteiger partial charge in [0.1, 0.15) is 0 Å². The van der Waals surface area contributed by atoms with E-state index in [1.165, 1.54) is 0 Å². The summed E-state index contributed by atoms with van der Waals surface area (Å²) < 4.78 is 279. The largest absolute Gasteiger partial charge is 0.460 e. The number of alkyl halides is 22. The normalized spacial score (nSPS) is 16.1. The first-order valence-corrected chi connectivity index (χ1v) is 11.5. The first-order chi connectivity index (χ1) is 17.3. The van der Waals surface area contributed by atoms with Crippen molar-refractivity contribution in [1.82, 2.24) is 0 Å². The van der Waals surface area contributed by atoms with Crippen LogP contribution in [-0.2, 0) is 0 Å². The quantitative estimate of drug-likeness (QED) is 0.0850. The molecule has 0 heterocycles. The van der Waals surface area contributed by atoms with E-state index in [-0.39, 0.29) is 12.8 Å². The Hall–Kier alpha value is -0.990. The fourth-order valence-electron chi connectivity index (χ4n) is 2.90. The second-order valence-electron chi connectivity index (χ2n) is 8.36. The van der Waals surface area contributed by atoms with Gasteiger partial charge in [-0.1, -0.05) is 41.6 Å². The van der Waals surface area contributed by atoms with Gasteiger partial charge in [0.25, 0.3) is 0 Å². The van der Waals surface area contributed by atoms with E-state index in [0.717, 1.165) is 0 Å². The third kappa shape index (κ3) is 5.92. The Kier molecular flexibility index (Phi) is 11.3. The maximum Gasteiger partial charge on any atom is 0.460 e. The molecule has 0 radical (unpaired) electrons. The lowest BCUT2D eigenvalue weighted by atomic mass is 9.85. The molecule has 0 spiro atoms. The molecule has 40 heavy (non-hydrogen) atoms. The summed E-state index contributed by atoms with van der Waals surface area (Å²) in [4.78, 5) is 0. The lowest BCUT2D eigenvalue weighted by Gasteiger charge is -2.44. The van der Waals surface area contributed by atoms with Crippen molar-refractivity contribution in [1.29, 1.82) is 0 Å². The van der Waals surface area contributed by atoms with E-state index >= 15 is 0 Å². The Bertz CT molecular complexity index is 828. The Balaban J connectivity index is 6.46. The van der Waals surface area contributed by atoms with Crippen LogP contribution in [0.25, 0.3) is 0 Å². The van der Waals surface area contributed by atoms with E-state index < -0.39 is 78.7 Å². The maximum atomic E-state index is 13.8. The molecule has 0 aromatic rings. The highest BCUT2D eigenvalue weighted by Gasteiger charge is 2.97. The molecule has 242 valence electrons. The molecule has 0 saturated heterocycles. The van der Waals surface area contributed by atoms with E-state index in [1.54, 1.807) is 0 Å². The Labute approximate surface area is 218 Å². The summed E-state index contributed by atoms with van der Waals surface area (Å²) in [5.74, 6) is -76.3. The molecule has 0 nitrogen and oxygen atoms in total. The zero-order valence-electron chi connectivity index (χ0n) is 19.0. The van der Waals surface area contributed by atoms with Crippen molar-refractivity contribution in [2.75, 3.05) is 5.33 Å². The van der Waals surface area contributed by atoms with Crippen LogP contribution in [0.15, 0.2) is 0 Å². The average Bonchev–Trinajstić information content (AvgIpc) is 2.76. The SMILES string of the molecule is FC(F)(F)C(F)(F)C(F)(F)C(F)(F)C(F)(F)C(F)(F)C(F)(F)C(F)(F)C(F)(F)C(F)(F)CCCCCCCCBr. The Morgan fingerprint density at radius 2 is 0.550 bits per heavy atom. The summed E-state index contributed by atoms with van der Waals surface area (Å²) in [6.07, 6.45) is -11.0. The summed E-state index contributed by atoms with van der Waals surface area (Å²) in [7, 11) is 0. The smallest absolute Gasteiger partial charge is 0.200 e. The van der Waals surface area contributed by atoms with Crippen LogP contribution >= 0.6 is 15.9 Å². The minimum absolute atomic E-state index is 0.0443. The van der Waals surface area contributed by atoms with Crippen LogP contribution < -0.4 is 0 Å². The zero-order chi connectivity index (χ0) is 32.7. The van der Waals surface area contributed by atoms with Gasteiger partial charge in [0.05, 0.1) is 0 Å². The molecule has 0 amide bonds.